The van der Waals surface area contributed by atoms with Gasteiger partial charge in [0.1, 0.15) is 16.6 Å². The number of aromatic nitrogens is 2. The summed E-state index contributed by atoms with van der Waals surface area (Å²) in [4.78, 5) is 37.1. The van der Waals surface area contributed by atoms with E-state index in [1.54, 1.807) is 31.2 Å². The smallest absolute Gasteiger partial charge is 0.286 e. The molecule has 0 bridgehead atoms. The number of Topliss-reactive ketones (excluding diaryl/α,β-unsaturated/α-hetero) is 1. The minimum Gasteiger partial charge on any atom is -0.495 e. The molecule has 0 aliphatic rings. The molecule has 0 spiro atoms. The van der Waals surface area contributed by atoms with Crippen molar-refractivity contribution < 1.29 is 14.3 Å². The van der Waals surface area contributed by atoms with Crippen molar-refractivity contribution in [2.45, 2.75) is 11.9 Å². The molecular weight excluding hydrogens is 406 g/mol. The van der Waals surface area contributed by atoms with Crippen LogP contribution < -0.4 is 4.74 Å². The summed E-state index contributed by atoms with van der Waals surface area (Å²) in [5.41, 5.74) is 0.685. The molecule has 0 radical (unpaired) electrons. The van der Waals surface area contributed by atoms with Gasteiger partial charge in [-0.1, -0.05) is 23.4 Å². The van der Waals surface area contributed by atoms with E-state index in [-0.39, 0.29) is 11.5 Å². The highest BCUT2D eigenvalue weighted by Crippen LogP contribution is 2.37. The Balaban J connectivity index is 1.88. The van der Waals surface area contributed by atoms with Crippen LogP contribution >= 0.6 is 34.7 Å². The second-order valence-electron chi connectivity index (χ2n) is 5.39. The highest BCUT2D eigenvalue weighted by Gasteiger charge is 2.17. The molecule has 9 heteroatoms. The highest BCUT2D eigenvalue weighted by atomic mass is 35.5. The monoisotopic (exact) mass is 419 g/mol. The number of nitrogens with zero attached hydrogens (tertiary/aromatic N) is 3. The molecule has 3 aromatic rings. The lowest BCUT2D eigenvalue weighted by atomic mass is 10.2. The highest BCUT2D eigenvalue weighted by molar-refractivity contribution is 8.00. The van der Waals surface area contributed by atoms with Crippen LogP contribution in [0.5, 0.6) is 5.75 Å². The first-order valence-electron chi connectivity index (χ1n) is 7.72. The van der Waals surface area contributed by atoms with E-state index >= 15 is 0 Å². The Morgan fingerprint density at radius 3 is 2.70 bits per heavy atom. The predicted octanol–water partition coefficient (Wildman–Crippen LogP) is 4.48. The van der Waals surface area contributed by atoms with E-state index in [1.165, 1.54) is 18.9 Å². The van der Waals surface area contributed by atoms with E-state index in [4.69, 9.17) is 16.3 Å². The summed E-state index contributed by atoms with van der Waals surface area (Å²) in [5, 5.41) is 1.67. The van der Waals surface area contributed by atoms with E-state index < -0.39 is 5.91 Å². The minimum absolute atomic E-state index is 0.114. The van der Waals surface area contributed by atoms with Gasteiger partial charge >= 0.3 is 0 Å². The number of aliphatic imine (C=N–C) groups is 1. The van der Waals surface area contributed by atoms with Gasteiger partial charge in [-0.25, -0.2) is 15.0 Å². The van der Waals surface area contributed by atoms with Crippen LogP contribution in [0.2, 0.25) is 5.02 Å². The molecule has 3 rings (SSSR count). The Bertz CT molecular complexity index is 1070. The number of hydrogen-bond acceptors (Lipinski definition) is 7. The van der Waals surface area contributed by atoms with Crippen molar-refractivity contribution in [2.24, 2.45) is 4.99 Å². The number of hydrogen-bond donors (Lipinski definition) is 0. The summed E-state index contributed by atoms with van der Waals surface area (Å²) in [6, 6.07) is 6.74. The lowest BCUT2D eigenvalue weighted by Gasteiger charge is -2.10. The van der Waals surface area contributed by atoms with Gasteiger partial charge < -0.3 is 4.74 Å². The first-order chi connectivity index (χ1) is 12.9. The van der Waals surface area contributed by atoms with Crippen molar-refractivity contribution in [3.8, 4) is 5.75 Å². The predicted molar refractivity (Wildman–Crippen MR) is 109 cm³/mol. The van der Waals surface area contributed by atoms with Crippen molar-refractivity contribution in [1.29, 1.82) is 0 Å². The SMILES string of the molecule is C=NC(=O)c1ccc(C(=O)CSc2nc(C)nc3ccc(OC)c(Cl)c23)s1. The second kappa shape index (κ2) is 8.16. The molecule has 0 unspecified atom stereocenters. The number of carbonyl (C=O) groups excluding carboxylic acids is 2. The van der Waals surface area contributed by atoms with Crippen LogP contribution in [0.15, 0.2) is 34.3 Å². The standard InChI is InChI=1S/C18H14ClN3O3S2/c1-9-21-10-4-5-12(25-3)16(19)15(10)18(22-9)26-8-11(23)13-6-7-14(27-13)17(24)20-2/h4-7H,2,8H2,1,3H3. The molecule has 0 N–H and O–H groups in total. The molecule has 1 aromatic carbocycles. The van der Waals surface area contributed by atoms with Crippen LogP contribution in [0, 0.1) is 6.92 Å². The lowest BCUT2D eigenvalue weighted by Crippen LogP contribution is -2.01. The van der Waals surface area contributed by atoms with Crippen LogP contribution in [-0.4, -0.2) is 41.2 Å². The Labute approximate surface area is 168 Å². The molecule has 0 atom stereocenters. The molecule has 0 saturated heterocycles. The van der Waals surface area contributed by atoms with Gasteiger partial charge in [0.2, 0.25) is 0 Å². The maximum absolute atomic E-state index is 12.5. The van der Waals surface area contributed by atoms with E-state index in [0.29, 0.717) is 42.3 Å². The van der Waals surface area contributed by atoms with Crippen LogP contribution in [0.4, 0.5) is 0 Å². The number of fused-ring (bicyclic) bond motifs is 1. The molecule has 2 aromatic heterocycles. The Morgan fingerprint density at radius 2 is 2.00 bits per heavy atom. The van der Waals surface area contributed by atoms with Gasteiger partial charge in [-0.2, -0.15) is 0 Å². The Kier molecular flexibility index (Phi) is 5.88. The first-order valence-corrected chi connectivity index (χ1v) is 9.90. The number of carbonyl (C=O) groups is 2. The number of thiophene rings is 1. The van der Waals surface area contributed by atoms with Gasteiger partial charge in [0, 0.05) is 0 Å². The zero-order chi connectivity index (χ0) is 19.6. The number of thioether (sulfide) groups is 1. The van der Waals surface area contributed by atoms with Gasteiger partial charge in [0.05, 0.1) is 38.5 Å². The Morgan fingerprint density at radius 1 is 1.26 bits per heavy atom. The molecule has 6 nitrogen and oxygen atoms in total. The third-order valence-electron chi connectivity index (χ3n) is 3.64. The number of aryl methyl sites for hydroxylation is 1. The minimum atomic E-state index is -0.442. The van der Waals surface area contributed by atoms with Crippen molar-refractivity contribution in [1.82, 2.24) is 9.97 Å². The van der Waals surface area contributed by atoms with Crippen molar-refractivity contribution in [3.05, 3.63) is 44.9 Å². The third kappa shape index (κ3) is 4.02. The molecule has 138 valence electrons. The summed E-state index contributed by atoms with van der Waals surface area (Å²) in [5.74, 6) is 0.691. The molecule has 0 saturated carbocycles. The summed E-state index contributed by atoms with van der Waals surface area (Å²) in [7, 11) is 1.53. The molecule has 0 aliphatic carbocycles. The van der Waals surface area contributed by atoms with Crippen molar-refractivity contribution in [2.75, 3.05) is 12.9 Å². The number of methoxy groups -OCH3 is 1. The fourth-order valence-electron chi connectivity index (χ4n) is 2.39. The quantitative estimate of drug-likeness (QED) is 0.253. The van der Waals surface area contributed by atoms with E-state index in [9.17, 15) is 9.59 Å². The number of rotatable bonds is 6. The van der Waals surface area contributed by atoms with Crippen LogP contribution in [0.25, 0.3) is 10.9 Å². The average molecular weight is 420 g/mol. The summed E-state index contributed by atoms with van der Waals surface area (Å²) >= 11 is 8.80. The van der Waals surface area contributed by atoms with Crippen molar-refractivity contribution in [3.63, 3.8) is 0 Å². The molecule has 2 heterocycles. The van der Waals surface area contributed by atoms with Gasteiger partial charge in [-0.3, -0.25) is 9.59 Å². The van der Waals surface area contributed by atoms with E-state index in [0.717, 1.165) is 11.3 Å². The van der Waals surface area contributed by atoms with Gasteiger partial charge in [0.15, 0.2) is 5.78 Å². The summed E-state index contributed by atoms with van der Waals surface area (Å²) < 4.78 is 5.26. The number of benzene rings is 1. The molecule has 27 heavy (non-hydrogen) atoms. The topological polar surface area (TPSA) is 81.5 Å². The maximum Gasteiger partial charge on any atom is 0.286 e. The van der Waals surface area contributed by atoms with Gasteiger partial charge in [-0.05, 0) is 37.9 Å². The molecule has 0 fully saturated rings. The molecule has 0 aliphatic heterocycles. The zero-order valence-electron chi connectivity index (χ0n) is 14.5. The molecule has 1 amide bonds. The van der Waals surface area contributed by atoms with E-state index in [2.05, 4.69) is 21.7 Å². The Hall–Kier alpha value is -2.29. The number of ether oxygens (including phenoxy) is 1. The van der Waals surface area contributed by atoms with Crippen molar-refractivity contribution >= 4 is 64.0 Å². The maximum atomic E-state index is 12.5. The van der Waals surface area contributed by atoms with Crippen LogP contribution in [-0.2, 0) is 0 Å². The number of amides is 1. The third-order valence-corrected chi connectivity index (χ3v) is 6.10. The lowest BCUT2D eigenvalue weighted by molar-refractivity contribution is 0.100. The largest absolute Gasteiger partial charge is 0.495 e. The average Bonchev–Trinajstić information content (AvgIpc) is 3.15. The molecular formula is C18H14ClN3O3S2. The van der Waals surface area contributed by atoms with Crippen LogP contribution in [0.3, 0.4) is 0 Å². The number of halogens is 1. The van der Waals surface area contributed by atoms with E-state index in [1.807, 2.05) is 0 Å². The summed E-state index contributed by atoms with van der Waals surface area (Å²) in [6.45, 7) is 4.99. The summed E-state index contributed by atoms with van der Waals surface area (Å²) in [6.07, 6.45) is 0. The normalized spacial score (nSPS) is 10.8. The zero-order valence-corrected chi connectivity index (χ0v) is 16.9. The number of ketones is 1. The second-order valence-corrected chi connectivity index (χ2v) is 7.82. The van der Waals surface area contributed by atoms with Gasteiger partial charge in [0.25, 0.3) is 5.91 Å². The van der Waals surface area contributed by atoms with Gasteiger partial charge in [-0.15, -0.1) is 11.3 Å². The fraction of sp³-hybridized carbons (Fsp3) is 0.167. The first kappa shape index (κ1) is 19.5. The van der Waals surface area contributed by atoms with Crippen LogP contribution in [0.1, 0.15) is 25.2 Å². The fourth-order valence-corrected chi connectivity index (χ4v) is 4.69.